The second-order valence-corrected chi connectivity index (χ2v) is 6.06. The van der Waals surface area contributed by atoms with E-state index in [1.807, 2.05) is 18.2 Å². The molecule has 2 aliphatic rings. The Balaban J connectivity index is 1.73. The molecule has 2 unspecified atom stereocenters. The van der Waals surface area contributed by atoms with Crippen molar-refractivity contribution < 1.29 is 4.79 Å². The second kappa shape index (κ2) is 5.96. The van der Waals surface area contributed by atoms with Gasteiger partial charge in [-0.25, -0.2) is 0 Å². The molecule has 1 heterocycles. The molecule has 1 aromatic rings. The molecular weight excluding hydrogens is 248 g/mol. The molecule has 3 heteroatoms. The van der Waals surface area contributed by atoms with E-state index in [1.165, 1.54) is 24.8 Å². The minimum atomic E-state index is -0.0124. The highest BCUT2D eigenvalue weighted by molar-refractivity contribution is 5.84. The van der Waals surface area contributed by atoms with Gasteiger partial charge in [0.1, 0.15) is 6.17 Å². The first-order valence-electron chi connectivity index (χ1n) is 7.91. The number of hydrogen-bond donors (Lipinski definition) is 1. The van der Waals surface area contributed by atoms with E-state index in [1.54, 1.807) is 0 Å². The predicted molar refractivity (Wildman–Crippen MR) is 80.1 cm³/mol. The van der Waals surface area contributed by atoms with Crippen LogP contribution in [0.1, 0.15) is 50.8 Å². The maximum absolute atomic E-state index is 12.5. The van der Waals surface area contributed by atoms with Crippen LogP contribution in [0.5, 0.6) is 0 Å². The summed E-state index contributed by atoms with van der Waals surface area (Å²) in [5, 5.41) is 3.49. The van der Waals surface area contributed by atoms with Gasteiger partial charge in [0.05, 0.1) is 6.04 Å². The van der Waals surface area contributed by atoms with E-state index in [0.717, 1.165) is 25.3 Å². The Labute approximate surface area is 121 Å². The number of carbonyl (C=O) groups is 1. The summed E-state index contributed by atoms with van der Waals surface area (Å²) in [4.78, 5) is 14.6. The van der Waals surface area contributed by atoms with Crippen molar-refractivity contribution in [2.45, 2.75) is 51.2 Å². The smallest absolute Gasteiger partial charge is 0.241 e. The van der Waals surface area contributed by atoms with Crippen molar-refractivity contribution in [3.63, 3.8) is 0 Å². The van der Waals surface area contributed by atoms with E-state index in [-0.39, 0.29) is 18.1 Å². The van der Waals surface area contributed by atoms with E-state index in [2.05, 4.69) is 29.3 Å². The minimum absolute atomic E-state index is 0.0124. The number of nitrogens with zero attached hydrogens (tertiary/aromatic N) is 1. The summed E-state index contributed by atoms with van der Waals surface area (Å²) < 4.78 is 0. The van der Waals surface area contributed by atoms with Gasteiger partial charge in [-0.2, -0.15) is 0 Å². The average molecular weight is 272 g/mol. The van der Waals surface area contributed by atoms with Crippen molar-refractivity contribution in [3.05, 3.63) is 35.9 Å². The molecule has 1 saturated heterocycles. The van der Waals surface area contributed by atoms with Crippen LogP contribution in [0, 0.1) is 5.92 Å². The summed E-state index contributed by atoms with van der Waals surface area (Å²) in [5.41, 5.74) is 1.20. The van der Waals surface area contributed by atoms with Crippen molar-refractivity contribution >= 4 is 5.91 Å². The number of carbonyl (C=O) groups excluding carboxylic acids is 1. The second-order valence-electron chi connectivity index (χ2n) is 6.06. The van der Waals surface area contributed by atoms with Gasteiger partial charge < -0.3 is 4.90 Å². The van der Waals surface area contributed by atoms with Crippen molar-refractivity contribution in [1.29, 1.82) is 0 Å². The molecule has 1 amide bonds. The Kier molecular flexibility index (Phi) is 4.06. The maximum atomic E-state index is 12.5. The van der Waals surface area contributed by atoms with Gasteiger partial charge in [-0.3, -0.25) is 10.1 Å². The summed E-state index contributed by atoms with van der Waals surface area (Å²) in [6, 6.07) is 10.3. The third-order valence-corrected chi connectivity index (χ3v) is 4.78. The van der Waals surface area contributed by atoms with Crippen LogP contribution < -0.4 is 5.32 Å². The molecule has 3 nitrogen and oxygen atoms in total. The molecule has 1 aromatic carbocycles. The lowest BCUT2D eigenvalue weighted by Gasteiger charge is -2.30. The fraction of sp³-hybridized carbons (Fsp3) is 0.588. The molecule has 1 aliphatic heterocycles. The topological polar surface area (TPSA) is 32.3 Å². The van der Waals surface area contributed by atoms with Gasteiger partial charge in [0, 0.05) is 6.54 Å². The highest BCUT2D eigenvalue weighted by atomic mass is 16.2. The van der Waals surface area contributed by atoms with Crippen LogP contribution in [0.3, 0.4) is 0 Å². The van der Waals surface area contributed by atoms with E-state index in [0.29, 0.717) is 0 Å². The van der Waals surface area contributed by atoms with Gasteiger partial charge in [0.25, 0.3) is 0 Å². The van der Waals surface area contributed by atoms with Crippen molar-refractivity contribution in [1.82, 2.24) is 10.2 Å². The zero-order chi connectivity index (χ0) is 13.9. The first-order valence-corrected chi connectivity index (χ1v) is 7.91. The molecule has 0 bridgehead atoms. The molecule has 20 heavy (non-hydrogen) atoms. The first kappa shape index (κ1) is 13.6. The van der Waals surface area contributed by atoms with Gasteiger partial charge in [0.2, 0.25) is 5.91 Å². The lowest BCUT2D eigenvalue weighted by molar-refractivity contribution is -0.130. The van der Waals surface area contributed by atoms with Crippen LogP contribution in [-0.4, -0.2) is 23.4 Å². The normalized spacial score (nSPS) is 26.9. The van der Waals surface area contributed by atoms with E-state index >= 15 is 0 Å². The molecule has 1 aliphatic carbocycles. The number of rotatable bonds is 5. The highest BCUT2D eigenvalue weighted by Crippen LogP contribution is 2.32. The van der Waals surface area contributed by atoms with Gasteiger partial charge in [-0.1, -0.05) is 56.5 Å². The van der Waals surface area contributed by atoms with Crippen LogP contribution in [0.15, 0.2) is 30.3 Å². The number of nitrogens with one attached hydrogen (secondary N) is 1. The Bertz CT molecular complexity index is 455. The third kappa shape index (κ3) is 2.59. The van der Waals surface area contributed by atoms with Crippen LogP contribution in [0.25, 0.3) is 0 Å². The standard InChI is InChI=1S/C17H24N2O/c1-2-15-17(20)19(12-11-13-7-6-8-13)16(18-15)14-9-4-3-5-10-14/h3-5,9-10,13,15-16,18H,2,6-8,11-12H2,1H3. The number of benzene rings is 1. The lowest BCUT2D eigenvalue weighted by atomic mass is 9.83. The molecular formula is C17H24N2O. The van der Waals surface area contributed by atoms with Crippen molar-refractivity contribution in [2.24, 2.45) is 5.92 Å². The molecule has 1 N–H and O–H groups in total. The molecule has 108 valence electrons. The zero-order valence-electron chi connectivity index (χ0n) is 12.2. The Morgan fingerprint density at radius 1 is 1.25 bits per heavy atom. The molecule has 2 atom stereocenters. The van der Waals surface area contributed by atoms with Gasteiger partial charge >= 0.3 is 0 Å². The van der Waals surface area contributed by atoms with Crippen molar-refractivity contribution in [2.75, 3.05) is 6.54 Å². The Hall–Kier alpha value is -1.35. The van der Waals surface area contributed by atoms with E-state index in [9.17, 15) is 4.79 Å². The minimum Gasteiger partial charge on any atom is -0.322 e. The SMILES string of the molecule is CCC1NC(c2ccccc2)N(CCC2CCC2)C1=O. The summed E-state index contributed by atoms with van der Waals surface area (Å²) in [7, 11) is 0. The van der Waals surface area contributed by atoms with Crippen LogP contribution in [-0.2, 0) is 4.79 Å². The largest absolute Gasteiger partial charge is 0.322 e. The zero-order valence-corrected chi connectivity index (χ0v) is 12.2. The van der Waals surface area contributed by atoms with Crippen LogP contribution in [0.2, 0.25) is 0 Å². The summed E-state index contributed by atoms with van der Waals surface area (Å²) >= 11 is 0. The van der Waals surface area contributed by atoms with Gasteiger partial charge in [-0.05, 0) is 24.3 Å². The molecule has 2 fully saturated rings. The lowest BCUT2D eigenvalue weighted by Crippen LogP contribution is -2.33. The van der Waals surface area contributed by atoms with Gasteiger partial charge in [0.15, 0.2) is 0 Å². The molecule has 1 saturated carbocycles. The quantitative estimate of drug-likeness (QED) is 0.893. The monoisotopic (exact) mass is 272 g/mol. The molecule has 0 radical (unpaired) electrons. The highest BCUT2D eigenvalue weighted by Gasteiger charge is 2.38. The Morgan fingerprint density at radius 2 is 2.00 bits per heavy atom. The Morgan fingerprint density at radius 3 is 2.60 bits per heavy atom. The van der Waals surface area contributed by atoms with E-state index in [4.69, 9.17) is 0 Å². The summed E-state index contributed by atoms with van der Waals surface area (Å²) in [6.45, 7) is 2.97. The summed E-state index contributed by atoms with van der Waals surface area (Å²) in [5.74, 6) is 1.13. The molecule has 0 aromatic heterocycles. The average Bonchev–Trinajstić information content (AvgIpc) is 2.75. The van der Waals surface area contributed by atoms with Gasteiger partial charge in [-0.15, -0.1) is 0 Å². The third-order valence-electron chi connectivity index (χ3n) is 4.78. The fourth-order valence-corrected chi connectivity index (χ4v) is 3.23. The predicted octanol–water partition coefficient (Wildman–Crippen LogP) is 3.09. The maximum Gasteiger partial charge on any atom is 0.241 e. The first-order chi connectivity index (χ1) is 9.79. The molecule has 0 spiro atoms. The van der Waals surface area contributed by atoms with Crippen molar-refractivity contribution in [3.8, 4) is 0 Å². The molecule has 3 rings (SSSR count). The fourth-order valence-electron chi connectivity index (χ4n) is 3.23. The number of hydrogen-bond acceptors (Lipinski definition) is 2. The number of amides is 1. The van der Waals surface area contributed by atoms with E-state index < -0.39 is 0 Å². The summed E-state index contributed by atoms with van der Waals surface area (Å²) in [6.07, 6.45) is 6.16. The van der Waals surface area contributed by atoms with Crippen LogP contribution >= 0.6 is 0 Å². The van der Waals surface area contributed by atoms with Crippen LogP contribution in [0.4, 0.5) is 0 Å².